The van der Waals surface area contributed by atoms with E-state index in [0.29, 0.717) is 11.7 Å². The zero-order valence-corrected chi connectivity index (χ0v) is 15.4. The summed E-state index contributed by atoms with van der Waals surface area (Å²) in [5.74, 6) is 0.604. The maximum absolute atomic E-state index is 14.0. The molecule has 1 saturated heterocycles. The van der Waals surface area contributed by atoms with E-state index in [1.807, 2.05) is 6.07 Å². The summed E-state index contributed by atoms with van der Waals surface area (Å²) < 4.78 is 19.0. The molecular formula is C22H25FN2O. The molecule has 1 fully saturated rings. The Morgan fingerprint density at radius 2 is 1.85 bits per heavy atom. The number of H-pyrrole nitrogens is 1. The summed E-state index contributed by atoms with van der Waals surface area (Å²) in [4.78, 5) is 5.82. The van der Waals surface area contributed by atoms with Crippen LogP contribution >= 0.6 is 0 Å². The molecule has 1 aliphatic heterocycles. The van der Waals surface area contributed by atoms with Crippen molar-refractivity contribution >= 4 is 10.9 Å². The molecule has 0 radical (unpaired) electrons. The first kappa shape index (κ1) is 17.1. The summed E-state index contributed by atoms with van der Waals surface area (Å²) in [6.07, 6.45) is 5.31. The molecule has 0 saturated carbocycles. The number of halogens is 1. The Hall–Kier alpha value is -2.33. The number of methoxy groups -OCH3 is 1. The third-order valence-electron chi connectivity index (χ3n) is 5.56. The Labute approximate surface area is 153 Å². The molecule has 136 valence electrons. The second kappa shape index (κ2) is 7.12. The highest BCUT2D eigenvalue weighted by Gasteiger charge is 2.21. The van der Waals surface area contributed by atoms with Gasteiger partial charge in [0.15, 0.2) is 11.6 Å². The van der Waals surface area contributed by atoms with Crippen molar-refractivity contribution in [2.24, 2.45) is 0 Å². The molecule has 1 aromatic heterocycles. The Morgan fingerprint density at radius 1 is 1.12 bits per heavy atom. The topological polar surface area (TPSA) is 28.3 Å². The normalized spacial score (nSPS) is 16.3. The van der Waals surface area contributed by atoms with Gasteiger partial charge in [-0.1, -0.05) is 12.1 Å². The minimum absolute atomic E-state index is 0.291. The van der Waals surface area contributed by atoms with Crippen LogP contribution in [-0.4, -0.2) is 37.1 Å². The number of hydrogen-bond acceptors (Lipinski definition) is 2. The van der Waals surface area contributed by atoms with Crippen LogP contribution in [0.3, 0.4) is 0 Å². The van der Waals surface area contributed by atoms with Crippen molar-refractivity contribution in [3.05, 3.63) is 65.1 Å². The summed E-state index contributed by atoms with van der Waals surface area (Å²) >= 11 is 0. The zero-order chi connectivity index (χ0) is 18.1. The van der Waals surface area contributed by atoms with Crippen molar-refractivity contribution in [2.75, 3.05) is 27.2 Å². The summed E-state index contributed by atoms with van der Waals surface area (Å²) in [7, 11) is 3.68. The molecule has 0 amide bonds. The van der Waals surface area contributed by atoms with Crippen LogP contribution < -0.4 is 4.74 Å². The van der Waals surface area contributed by atoms with E-state index in [9.17, 15) is 4.39 Å². The quantitative estimate of drug-likeness (QED) is 0.736. The molecule has 4 rings (SSSR count). The first-order valence-electron chi connectivity index (χ1n) is 9.25. The third kappa shape index (κ3) is 3.34. The molecule has 3 nitrogen and oxygen atoms in total. The van der Waals surface area contributed by atoms with E-state index < -0.39 is 0 Å². The second-order valence-corrected chi connectivity index (χ2v) is 7.35. The minimum atomic E-state index is -0.306. The summed E-state index contributed by atoms with van der Waals surface area (Å²) in [6, 6.07) is 11.7. The van der Waals surface area contributed by atoms with Gasteiger partial charge in [-0.25, -0.2) is 4.39 Å². The lowest BCUT2D eigenvalue weighted by Gasteiger charge is -2.28. The van der Waals surface area contributed by atoms with Gasteiger partial charge in [0.1, 0.15) is 0 Å². The molecule has 3 aromatic rings. The monoisotopic (exact) mass is 352 g/mol. The number of nitrogens with one attached hydrogen (secondary N) is 1. The lowest BCUT2D eigenvalue weighted by Crippen LogP contribution is -2.29. The largest absolute Gasteiger partial charge is 0.494 e. The van der Waals surface area contributed by atoms with Crippen molar-refractivity contribution in [3.8, 4) is 5.75 Å². The number of likely N-dealkylation sites (tertiary alicyclic amines) is 1. The van der Waals surface area contributed by atoms with Gasteiger partial charge < -0.3 is 14.6 Å². The fourth-order valence-corrected chi connectivity index (χ4v) is 4.01. The van der Waals surface area contributed by atoms with Gasteiger partial charge in [-0.2, -0.15) is 0 Å². The molecule has 4 heteroatoms. The Kier molecular flexibility index (Phi) is 4.68. The molecule has 1 N–H and O–H groups in total. The highest BCUT2D eigenvalue weighted by molar-refractivity contribution is 5.84. The standard InChI is InChI=1S/C22H25FN2O/c1-25-9-7-17(8-10-25)19-14-24-21-5-3-15(12-18(19)21)11-16-4-6-22(26-2)20(23)13-16/h3-6,12-14,17,24H,7-11H2,1-2H3. The van der Waals surface area contributed by atoms with Gasteiger partial charge in [0.2, 0.25) is 0 Å². The second-order valence-electron chi connectivity index (χ2n) is 7.35. The average Bonchev–Trinajstić information content (AvgIpc) is 3.06. The molecule has 0 bridgehead atoms. The summed E-state index contributed by atoms with van der Waals surface area (Å²) in [6.45, 7) is 2.31. The van der Waals surface area contributed by atoms with Crippen LogP contribution in [0.1, 0.15) is 35.4 Å². The molecular weight excluding hydrogens is 327 g/mol. The van der Waals surface area contributed by atoms with E-state index in [4.69, 9.17) is 4.74 Å². The summed E-state index contributed by atoms with van der Waals surface area (Å²) in [5, 5.41) is 1.31. The number of piperidine rings is 1. The van der Waals surface area contributed by atoms with E-state index >= 15 is 0 Å². The SMILES string of the molecule is COc1ccc(Cc2ccc3[nH]cc(C4CCN(C)CC4)c3c2)cc1F. The number of aromatic nitrogens is 1. The zero-order valence-electron chi connectivity index (χ0n) is 15.4. The van der Waals surface area contributed by atoms with Crippen LogP contribution in [-0.2, 0) is 6.42 Å². The van der Waals surface area contributed by atoms with Crippen LogP contribution in [0.4, 0.5) is 4.39 Å². The van der Waals surface area contributed by atoms with E-state index in [1.54, 1.807) is 12.1 Å². The summed E-state index contributed by atoms with van der Waals surface area (Å²) in [5.41, 5.74) is 4.77. The average molecular weight is 352 g/mol. The smallest absolute Gasteiger partial charge is 0.165 e. The lowest BCUT2D eigenvalue weighted by atomic mass is 9.89. The van der Waals surface area contributed by atoms with E-state index in [2.05, 4.69) is 41.3 Å². The van der Waals surface area contributed by atoms with E-state index in [-0.39, 0.29) is 5.82 Å². The van der Waals surface area contributed by atoms with Gasteiger partial charge in [0, 0.05) is 17.1 Å². The van der Waals surface area contributed by atoms with E-state index in [1.165, 1.54) is 42.0 Å². The number of rotatable bonds is 4. The first-order valence-corrected chi connectivity index (χ1v) is 9.25. The predicted molar refractivity (Wildman–Crippen MR) is 104 cm³/mol. The van der Waals surface area contributed by atoms with Crippen LogP contribution in [0.25, 0.3) is 10.9 Å². The Bertz CT molecular complexity index is 910. The number of ether oxygens (including phenoxy) is 1. The van der Waals surface area contributed by atoms with Crippen molar-refractivity contribution in [3.63, 3.8) is 0 Å². The Morgan fingerprint density at radius 3 is 2.58 bits per heavy atom. The Balaban J connectivity index is 1.60. The molecule has 0 unspecified atom stereocenters. The van der Waals surface area contributed by atoms with Crippen molar-refractivity contribution in [1.29, 1.82) is 0 Å². The molecule has 2 heterocycles. The highest BCUT2D eigenvalue weighted by Crippen LogP contribution is 2.33. The van der Waals surface area contributed by atoms with Gasteiger partial charge in [-0.15, -0.1) is 0 Å². The number of nitrogens with zero attached hydrogens (tertiary/aromatic N) is 1. The van der Waals surface area contributed by atoms with Gasteiger partial charge in [0.05, 0.1) is 7.11 Å². The maximum atomic E-state index is 14.0. The number of fused-ring (bicyclic) bond motifs is 1. The van der Waals surface area contributed by atoms with E-state index in [0.717, 1.165) is 25.1 Å². The van der Waals surface area contributed by atoms with Gasteiger partial charge in [-0.05, 0) is 86.3 Å². The fraction of sp³-hybridized carbons (Fsp3) is 0.364. The van der Waals surface area contributed by atoms with Gasteiger partial charge >= 0.3 is 0 Å². The van der Waals surface area contributed by atoms with Gasteiger partial charge in [0.25, 0.3) is 0 Å². The number of aromatic amines is 1. The predicted octanol–water partition coefficient (Wildman–Crippen LogP) is 4.72. The number of benzene rings is 2. The third-order valence-corrected chi connectivity index (χ3v) is 5.56. The maximum Gasteiger partial charge on any atom is 0.165 e. The van der Waals surface area contributed by atoms with Crippen LogP contribution in [0.5, 0.6) is 5.75 Å². The van der Waals surface area contributed by atoms with Crippen LogP contribution in [0.2, 0.25) is 0 Å². The molecule has 0 atom stereocenters. The first-order chi connectivity index (χ1) is 12.6. The fourth-order valence-electron chi connectivity index (χ4n) is 4.01. The highest BCUT2D eigenvalue weighted by atomic mass is 19.1. The van der Waals surface area contributed by atoms with Crippen LogP contribution in [0, 0.1) is 5.82 Å². The van der Waals surface area contributed by atoms with Gasteiger partial charge in [-0.3, -0.25) is 0 Å². The number of hydrogen-bond donors (Lipinski definition) is 1. The molecule has 0 spiro atoms. The van der Waals surface area contributed by atoms with Crippen LogP contribution in [0.15, 0.2) is 42.6 Å². The van der Waals surface area contributed by atoms with Crippen molar-refractivity contribution in [1.82, 2.24) is 9.88 Å². The molecule has 26 heavy (non-hydrogen) atoms. The molecule has 1 aliphatic rings. The lowest BCUT2D eigenvalue weighted by molar-refractivity contribution is 0.256. The minimum Gasteiger partial charge on any atom is -0.494 e. The van der Waals surface area contributed by atoms with Crippen molar-refractivity contribution < 1.29 is 9.13 Å². The van der Waals surface area contributed by atoms with Crippen molar-refractivity contribution in [2.45, 2.75) is 25.2 Å². The molecule has 0 aliphatic carbocycles. The molecule has 2 aromatic carbocycles.